The van der Waals surface area contributed by atoms with Gasteiger partial charge >= 0.3 is 18.2 Å². The number of carbonyl (C=O) groups is 5. The van der Waals surface area contributed by atoms with Gasteiger partial charge in [0.25, 0.3) is 11.8 Å². The molecular formula is C23H35ClN10O6. The first-order valence-electron chi connectivity index (χ1n) is 12.0. The Bertz CT molecular complexity index is 1310. The Morgan fingerprint density at radius 2 is 1.32 bits per heavy atom. The number of urea groups is 2. The molecule has 2 aliphatic rings. The lowest BCUT2D eigenvalue weighted by Crippen LogP contribution is -2.59. The molecule has 0 aliphatic carbocycles. The van der Waals surface area contributed by atoms with Gasteiger partial charge in [-0.25, -0.2) is 14.4 Å². The first kappa shape index (κ1) is 32.0. The summed E-state index contributed by atoms with van der Waals surface area (Å²) in [6.07, 6.45) is 2.02. The predicted molar refractivity (Wildman–Crippen MR) is 143 cm³/mol. The number of nitrogens with two attached hydrogens (primary N) is 1. The fourth-order valence-corrected chi connectivity index (χ4v) is 4.89. The molecule has 0 aromatic carbocycles. The van der Waals surface area contributed by atoms with Crippen LogP contribution in [0.1, 0.15) is 43.3 Å². The molecule has 16 nitrogen and oxygen atoms in total. The van der Waals surface area contributed by atoms with Gasteiger partial charge in [0.05, 0.1) is 30.3 Å². The van der Waals surface area contributed by atoms with Crippen molar-refractivity contribution in [1.29, 1.82) is 0 Å². The summed E-state index contributed by atoms with van der Waals surface area (Å²) in [5.41, 5.74) is 4.72. The van der Waals surface area contributed by atoms with Gasteiger partial charge in [-0.3, -0.25) is 29.6 Å². The van der Waals surface area contributed by atoms with E-state index >= 15 is 0 Å². The number of carbonyl (C=O) groups excluding carboxylic acids is 4. The minimum atomic E-state index is -1.52. The first-order chi connectivity index (χ1) is 18.0. The summed E-state index contributed by atoms with van der Waals surface area (Å²) < 4.78 is 3.02. The van der Waals surface area contributed by atoms with E-state index in [2.05, 4.69) is 31.5 Å². The van der Waals surface area contributed by atoms with Gasteiger partial charge in [0, 0.05) is 26.2 Å². The Morgan fingerprint density at radius 3 is 1.60 bits per heavy atom. The Kier molecular flexibility index (Phi) is 8.91. The van der Waals surface area contributed by atoms with Crippen molar-refractivity contribution < 1.29 is 29.1 Å². The van der Waals surface area contributed by atoms with Crippen LogP contribution in [0.5, 0.6) is 0 Å². The van der Waals surface area contributed by atoms with Crippen molar-refractivity contribution in [2.24, 2.45) is 19.8 Å². The molecule has 0 spiro atoms. The van der Waals surface area contributed by atoms with Crippen LogP contribution in [0.4, 0.5) is 14.4 Å². The molecule has 2 aromatic rings. The maximum absolute atomic E-state index is 12.5. The summed E-state index contributed by atoms with van der Waals surface area (Å²) in [6.45, 7) is 8.51. The van der Waals surface area contributed by atoms with Crippen molar-refractivity contribution in [3.8, 4) is 0 Å². The maximum Gasteiger partial charge on any atom is 0.407 e. The van der Waals surface area contributed by atoms with Crippen molar-refractivity contribution in [2.75, 3.05) is 13.1 Å². The topological polar surface area (TPSA) is 219 Å². The molecular weight excluding hydrogens is 548 g/mol. The zero-order chi connectivity index (χ0) is 29.5. The molecule has 0 radical (unpaired) electrons. The molecule has 0 bridgehead atoms. The second kappa shape index (κ2) is 11.1. The minimum absolute atomic E-state index is 0. The van der Waals surface area contributed by atoms with Gasteiger partial charge in [-0.05, 0) is 45.7 Å². The fraction of sp³-hybridized carbons (Fsp3) is 0.522. The van der Waals surface area contributed by atoms with Crippen molar-refractivity contribution in [2.45, 2.75) is 51.2 Å². The monoisotopic (exact) mass is 582 g/mol. The van der Waals surface area contributed by atoms with E-state index in [1.807, 2.05) is 6.92 Å². The summed E-state index contributed by atoms with van der Waals surface area (Å²) in [6, 6.07) is -1.19. The average molecular weight is 583 g/mol. The standard InChI is InChI=1S/C14H21N5O4.C9H13N5O2.ClH/c1-8-6-15-18(5)9(8)14(10(20)16-11(21)17-14)7-19(12(22)23)13(2,3)4;1-5-3-11-14(2)6(5)9(4-10)7(15)12-8(16)13-9;/h6H,7H2,1-5H3,(H,22,23)(H2,16,17,20,21);3H,4,10H2,1-2H3,(H2,12,13,15,16);1H/t14-;9-;/m11./s1. The number of hydrogen-bond donors (Lipinski definition) is 6. The number of aryl methyl sites for hydroxylation is 4. The number of aromatic nitrogens is 4. The molecule has 4 heterocycles. The Hall–Kier alpha value is -4.18. The molecule has 7 amide bonds. The SMILES string of the molecule is Cc1cnn(C)c1[C@@]1(CN(C(=O)O)C(C)(C)C)NC(=O)NC1=O.Cc1cnn(C)c1[C@@]1(CN)NC(=O)NC1=O.Cl. The quantitative estimate of drug-likeness (QED) is 0.254. The molecule has 2 atom stereocenters. The summed E-state index contributed by atoms with van der Waals surface area (Å²) in [4.78, 5) is 60.1. The third-order valence-corrected chi connectivity index (χ3v) is 6.68. The molecule has 220 valence electrons. The van der Waals surface area contributed by atoms with Crippen LogP contribution < -0.4 is 27.0 Å². The van der Waals surface area contributed by atoms with E-state index in [0.29, 0.717) is 17.0 Å². The number of halogens is 1. The number of carboxylic acid groups (broad SMARTS) is 1. The lowest BCUT2D eigenvalue weighted by atomic mass is 9.90. The summed E-state index contributed by atoms with van der Waals surface area (Å²) in [5.74, 6) is -1.03. The number of imide groups is 2. The average Bonchev–Trinajstić information content (AvgIpc) is 3.51. The van der Waals surface area contributed by atoms with E-state index in [9.17, 15) is 29.1 Å². The van der Waals surface area contributed by atoms with Crippen LogP contribution in [-0.4, -0.2) is 78.2 Å². The minimum Gasteiger partial charge on any atom is -0.465 e. The van der Waals surface area contributed by atoms with Gasteiger partial charge in [-0.1, -0.05) is 0 Å². The fourth-order valence-electron chi connectivity index (χ4n) is 4.89. The lowest BCUT2D eigenvalue weighted by Gasteiger charge is -2.39. The second-order valence-corrected chi connectivity index (χ2v) is 10.5. The van der Waals surface area contributed by atoms with E-state index in [1.165, 1.54) is 4.68 Å². The van der Waals surface area contributed by atoms with E-state index in [0.717, 1.165) is 10.5 Å². The van der Waals surface area contributed by atoms with E-state index < -0.39 is 46.6 Å². The van der Waals surface area contributed by atoms with E-state index in [-0.39, 0.29) is 25.5 Å². The van der Waals surface area contributed by atoms with Crippen LogP contribution in [0, 0.1) is 13.8 Å². The van der Waals surface area contributed by atoms with E-state index in [4.69, 9.17) is 5.73 Å². The highest BCUT2D eigenvalue weighted by Gasteiger charge is 2.53. The van der Waals surface area contributed by atoms with Gasteiger partial charge in [0.15, 0.2) is 11.1 Å². The van der Waals surface area contributed by atoms with Crippen LogP contribution in [-0.2, 0) is 34.8 Å². The smallest absolute Gasteiger partial charge is 0.407 e. The molecule has 2 aliphatic heterocycles. The summed E-state index contributed by atoms with van der Waals surface area (Å²) >= 11 is 0. The first-order valence-corrected chi connectivity index (χ1v) is 12.0. The van der Waals surface area contributed by atoms with Gasteiger partial charge in [0.2, 0.25) is 0 Å². The van der Waals surface area contributed by atoms with Crippen molar-refractivity contribution in [3.05, 3.63) is 34.9 Å². The molecule has 40 heavy (non-hydrogen) atoms. The van der Waals surface area contributed by atoms with Gasteiger partial charge in [0.1, 0.15) is 0 Å². The second-order valence-electron chi connectivity index (χ2n) is 10.5. The normalized spacial score (nSPS) is 21.9. The maximum atomic E-state index is 12.5. The summed E-state index contributed by atoms with van der Waals surface area (Å²) in [5, 5.41) is 27.2. The molecule has 7 N–H and O–H groups in total. The van der Waals surface area contributed by atoms with Crippen molar-refractivity contribution in [3.63, 3.8) is 0 Å². The van der Waals surface area contributed by atoms with Crippen LogP contribution in [0.2, 0.25) is 0 Å². The molecule has 0 saturated carbocycles. The Balaban J connectivity index is 0.000000290. The van der Waals surface area contributed by atoms with Crippen molar-refractivity contribution >= 4 is 42.4 Å². The lowest BCUT2D eigenvalue weighted by molar-refractivity contribution is -0.125. The molecule has 2 fully saturated rings. The Morgan fingerprint density at radius 1 is 0.925 bits per heavy atom. The van der Waals surface area contributed by atoms with Crippen LogP contribution in [0.25, 0.3) is 0 Å². The number of nitrogens with one attached hydrogen (secondary N) is 4. The zero-order valence-corrected chi connectivity index (χ0v) is 24.1. The van der Waals surface area contributed by atoms with E-state index in [1.54, 1.807) is 58.9 Å². The highest BCUT2D eigenvalue weighted by molar-refractivity contribution is 6.08. The molecule has 17 heteroatoms. The highest BCUT2D eigenvalue weighted by atomic mass is 35.5. The van der Waals surface area contributed by atoms with Gasteiger partial charge in [-0.2, -0.15) is 10.2 Å². The molecule has 4 rings (SSSR count). The van der Waals surface area contributed by atoms with Crippen molar-refractivity contribution in [1.82, 2.24) is 45.7 Å². The molecule has 2 aromatic heterocycles. The predicted octanol–water partition coefficient (Wildman–Crippen LogP) is -0.315. The summed E-state index contributed by atoms with van der Waals surface area (Å²) in [7, 11) is 3.35. The van der Waals surface area contributed by atoms with Crippen LogP contribution >= 0.6 is 12.4 Å². The zero-order valence-electron chi connectivity index (χ0n) is 23.3. The highest BCUT2D eigenvalue weighted by Crippen LogP contribution is 2.31. The van der Waals surface area contributed by atoms with Gasteiger partial charge in [-0.15, -0.1) is 12.4 Å². The molecule has 2 saturated heterocycles. The number of hydrogen-bond acceptors (Lipinski definition) is 8. The number of rotatable bonds is 5. The van der Waals surface area contributed by atoms with Crippen LogP contribution in [0.15, 0.2) is 12.4 Å². The van der Waals surface area contributed by atoms with Gasteiger partial charge < -0.3 is 26.4 Å². The number of amides is 7. The third-order valence-electron chi connectivity index (χ3n) is 6.68. The Labute approximate surface area is 236 Å². The number of nitrogens with zero attached hydrogens (tertiary/aromatic N) is 5. The van der Waals surface area contributed by atoms with Crippen LogP contribution in [0.3, 0.4) is 0 Å². The third kappa shape index (κ3) is 5.44. The largest absolute Gasteiger partial charge is 0.465 e. The molecule has 0 unspecified atom stereocenters.